The molecule has 0 atom stereocenters. The number of hydrogen-bond donors (Lipinski definition) is 2. The summed E-state index contributed by atoms with van der Waals surface area (Å²) in [6.45, 7) is 0. The molecule has 0 radical (unpaired) electrons. The summed E-state index contributed by atoms with van der Waals surface area (Å²) >= 11 is 3.20. The lowest BCUT2D eigenvalue weighted by atomic mass is 10.1. The summed E-state index contributed by atoms with van der Waals surface area (Å²) in [5, 5.41) is 2.17. The Morgan fingerprint density at radius 3 is 2.37 bits per heavy atom. The predicted octanol–water partition coefficient (Wildman–Crippen LogP) is 3.56. The fraction of sp³-hybridized carbons (Fsp3) is 0. The maximum atomic E-state index is 13.4. The van der Waals surface area contributed by atoms with E-state index in [0.717, 1.165) is 12.1 Å². The molecule has 0 fully saturated rings. The van der Waals surface area contributed by atoms with E-state index in [1.54, 1.807) is 6.07 Å². The highest BCUT2D eigenvalue weighted by Crippen LogP contribution is 2.22. The van der Waals surface area contributed by atoms with Gasteiger partial charge in [0.2, 0.25) is 0 Å². The molecule has 2 rings (SSSR count). The summed E-state index contributed by atoms with van der Waals surface area (Å²) in [4.78, 5) is 11.9. The molecule has 2 aromatic rings. The lowest BCUT2D eigenvalue weighted by Gasteiger charge is -2.09. The molecule has 0 aromatic heterocycles. The molecule has 0 heterocycles. The Morgan fingerprint density at radius 2 is 1.79 bits per heavy atom. The number of benzene rings is 2. The van der Waals surface area contributed by atoms with Crippen LogP contribution in [-0.4, -0.2) is 5.91 Å². The van der Waals surface area contributed by atoms with Crippen LogP contribution in [0.1, 0.15) is 10.4 Å². The minimum atomic E-state index is -0.843. The molecule has 0 aliphatic carbocycles. The van der Waals surface area contributed by atoms with Gasteiger partial charge in [-0.2, -0.15) is 0 Å². The van der Waals surface area contributed by atoms with Crippen LogP contribution < -0.4 is 11.1 Å². The zero-order valence-electron chi connectivity index (χ0n) is 9.58. The van der Waals surface area contributed by atoms with Crippen molar-refractivity contribution in [2.75, 3.05) is 11.1 Å². The number of halogens is 3. The number of carbonyl (C=O) groups is 1. The van der Waals surface area contributed by atoms with Crippen LogP contribution in [0.15, 0.2) is 40.9 Å². The first-order chi connectivity index (χ1) is 8.99. The number of para-hydroxylation sites is 1. The van der Waals surface area contributed by atoms with E-state index in [1.807, 2.05) is 0 Å². The van der Waals surface area contributed by atoms with Crippen molar-refractivity contribution in [1.82, 2.24) is 0 Å². The molecular formula is C13H9BrF2N2O. The topological polar surface area (TPSA) is 55.1 Å². The van der Waals surface area contributed by atoms with Crippen LogP contribution in [0.5, 0.6) is 0 Å². The molecule has 0 aliphatic rings. The fourth-order valence-electron chi connectivity index (χ4n) is 1.54. The number of amides is 1. The maximum absolute atomic E-state index is 13.4. The van der Waals surface area contributed by atoms with Crippen molar-refractivity contribution in [3.8, 4) is 0 Å². The summed E-state index contributed by atoms with van der Waals surface area (Å²) < 4.78 is 27.5. The Kier molecular flexibility index (Phi) is 3.80. The van der Waals surface area contributed by atoms with E-state index in [4.69, 9.17) is 5.73 Å². The van der Waals surface area contributed by atoms with Crippen molar-refractivity contribution in [1.29, 1.82) is 0 Å². The second-order valence-electron chi connectivity index (χ2n) is 3.78. The number of anilines is 2. The molecule has 0 saturated heterocycles. The highest BCUT2D eigenvalue weighted by atomic mass is 79.9. The van der Waals surface area contributed by atoms with Gasteiger partial charge < -0.3 is 11.1 Å². The molecule has 0 unspecified atom stereocenters. The van der Waals surface area contributed by atoms with Crippen molar-refractivity contribution < 1.29 is 13.6 Å². The van der Waals surface area contributed by atoms with Crippen molar-refractivity contribution in [2.45, 2.75) is 0 Å². The van der Waals surface area contributed by atoms with Crippen LogP contribution in [0.2, 0.25) is 0 Å². The van der Waals surface area contributed by atoms with Crippen LogP contribution in [0.25, 0.3) is 0 Å². The van der Waals surface area contributed by atoms with Crippen LogP contribution in [0.3, 0.4) is 0 Å². The summed E-state index contributed by atoms with van der Waals surface area (Å²) in [7, 11) is 0. The summed E-state index contributed by atoms with van der Waals surface area (Å²) in [6.07, 6.45) is 0. The average Bonchev–Trinajstić information content (AvgIpc) is 2.33. The molecule has 1 amide bonds. The van der Waals surface area contributed by atoms with E-state index in [0.29, 0.717) is 4.47 Å². The van der Waals surface area contributed by atoms with E-state index in [-0.39, 0.29) is 11.3 Å². The first-order valence-electron chi connectivity index (χ1n) is 5.29. The number of nitrogen functional groups attached to an aromatic ring is 1. The van der Waals surface area contributed by atoms with Crippen molar-refractivity contribution in [3.05, 3.63) is 58.1 Å². The Morgan fingerprint density at radius 1 is 1.16 bits per heavy atom. The zero-order valence-corrected chi connectivity index (χ0v) is 11.2. The molecule has 2 aromatic carbocycles. The highest BCUT2D eigenvalue weighted by molar-refractivity contribution is 9.10. The standard InChI is InChI=1S/C13H9BrF2N2O/c14-7-4-5-8(11(17)6-7)13(19)18-12-9(15)2-1-3-10(12)16/h1-6H,17H2,(H,18,19). The van der Waals surface area contributed by atoms with Crippen molar-refractivity contribution in [2.24, 2.45) is 0 Å². The predicted molar refractivity (Wildman–Crippen MR) is 72.9 cm³/mol. The van der Waals surface area contributed by atoms with Gasteiger partial charge in [-0.3, -0.25) is 4.79 Å². The summed E-state index contributed by atoms with van der Waals surface area (Å²) in [6, 6.07) is 7.95. The molecule has 19 heavy (non-hydrogen) atoms. The van der Waals surface area contributed by atoms with Crippen LogP contribution in [-0.2, 0) is 0 Å². The Balaban J connectivity index is 2.31. The van der Waals surface area contributed by atoms with E-state index >= 15 is 0 Å². The van der Waals surface area contributed by atoms with Crippen LogP contribution >= 0.6 is 15.9 Å². The molecule has 3 N–H and O–H groups in total. The first-order valence-corrected chi connectivity index (χ1v) is 6.08. The third-order valence-corrected chi connectivity index (χ3v) is 2.95. The first kappa shape index (κ1) is 13.5. The molecule has 6 heteroatoms. The van der Waals surface area contributed by atoms with E-state index in [1.165, 1.54) is 18.2 Å². The highest BCUT2D eigenvalue weighted by Gasteiger charge is 2.15. The smallest absolute Gasteiger partial charge is 0.257 e. The average molecular weight is 327 g/mol. The zero-order chi connectivity index (χ0) is 14.0. The van der Waals surface area contributed by atoms with Gasteiger partial charge in [0.15, 0.2) is 0 Å². The third-order valence-electron chi connectivity index (χ3n) is 2.46. The molecule has 0 saturated carbocycles. The van der Waals surface area contributed by atoms with E-state index in [9.17, 15) is 13.6 Å². The molecule has 0 spiro atoms. The number of hydrogen-bond acceptors (Lipinski definition) is 2. The maximum Gasteiger partial charge on any atom is 0.257 e. The lowest BCUT2D eigenvalue weighted by molar-refractivity contribution is 0.102. The van der Waals surface area contributed by atoms with Gasteiger partial charge >= 0.3 is 0 Å². The second kappa shape index (κ2) is 5.36. The molecule has 0 bridgehead atoms. The van der Waals surface area contributed by atoms with Crippen molar-refractivity contribution >= 4 is 33.2 Å². The van der Waals surface area contributed by atoms with Gasteiger partial charge in [0.1, 0.15) is 17.3 Å². The van der Waals surface area contributed by atoms with Gasteiger partial charge in [0, 0.05) is 10.2 Å². The normalized spacial score (nSPS) is 10.3. The van der Waals surface area contributed by atoms with Gasteiger partial charge in [0.05, 0.1) is 5.56 Å². The SMILES string of the molecule is Nc1cc(Br)ccc1C(=O)Nc1c(F)cccc1F. The molecule has 3 nitrogen and oxygen atoms in total. The van der Waals surface area contributed by atoms with Gasteiger partial charge in [-0.15, -0.1) is 0 Å². The Labute approximate surface area is 116 Å². The quantitative estimate of drug-likeness (QED) is 0.829. The Bertz CT molecular complexity index is 626. The van der Waals surface area contributed by atoms with Gasteiger partial charge in [-0.1, -0.05) is 22.0 Å². The van der Waals surface area contributed by atoms with E-state index in [2.05, 4.69) is 21.2 Å². The van der Waals surface area contributed by atoms with Gasteiger partial charge in [-0.25, -0.2) is 8.78 Å². The number of nitrogens with two attached hydrogens (primary N) is 1. The Hall–Kier alpha value is -1.95. The third kappa shape index (κ3) is 2.90. The molecule has 0 aliphatic heterocycles. The molecule has 98 valence electrons. The minimum Gasteiger partial charge on any atom is -0.398 e. The minimum absolute atomic E-state index is 0.144. The molecular weight excluding hydrogens is 318 g/mol. The van der Waals surface area contributed by atoms with Crippen molar-refractivity contribution in [3.63, 3.8) is 0 Å². The van der Waals surface area contributed by atoms with Gasteiger partial charge in [-0.05, 0) is 30.3 Å². The summed E-state index contributed by atoms with van der Waals surface area (Å²) in [5.41, 5.74) is 5.54. The van der Waals surface area contributed by atoms with Crippen LogP contribution in [0, 0.1) is 11.6 Å². The number of carbonyl (C=O) groups excluding carboxylic acids is 1. The largest absolute Gasteiger partial charge is 0.398 e. The fourth-order valence-corrected chi connectivity index (χ4v) is 1.92. The van der Waals surface area contributed by atoms with E-state index < -0.39 is 23.2 Å². The van der Waals surface area contributed by atoms with Gasteiger partial charge in [0.25, 0.3) is 5.91 Å². The monoisotopic (exact) mass is 326 g/mol. The second-order valence-corrected chi connectivity index (χ2v) is 4.70. The summed E-state index contributed by atoms with van der Waals surface area (Å²) in [5.74, 6) is -2.36. The number of rotatable bonds is 2. The van der Waals surface area contributed by atoms with Crippen LogP contribution in [0.4, 0.5) is 20.2 Å². The lowest BCUT2D eigenvalue weighted by Crippen LogP contribution is -2.16. The number of nitrogens with one attached hydrogen (secondary N) is 1.